The van der Waals surface area contributed by atoms with E-state index in [4.69, 9.17) is 4.43 Å². The lowest BCUT2D eigenvalue weighted by Crippen LogP contribution is -2.50. The smallest absolute Gasteiger partial charge is 0.192 e. The van der Waals surface area contributed by atoms with Gasteiger partial charge in [-0.1, -0.05) is 53.9 Å². The average molecular weight is 413 g/mol. The van der Waals surface area contributed by atoms with Gasteiger partial charge in [-0.2, -0.15) is 0 Å². The second-order valence-corrected chi connectivity index (χ2v) is 17.2. The van der Waals surface area contributed by atoms with Crippen LogP contribution in [0.25, 0.3) is 0 Å². The highest BCUT2D eigenvalue weighted by atomic mass is 28.4. The number of rotatable bonds is 7. The Balaban J connectivity index is 2.12. The predicted octanol–water partition coefficient (Wildman–Crippen LogP) is 6.14. The minimum absolute atomic E-state index is 0.179. The zero-order valence-corrected chi connectivity index (χ0v) is 21.1. The first-order chi connectivity index (χ1) is 12.6. The van der Waals surface area contributed by atoms with Gasteiger partial charge in [0.2, 0.25) is 0 Å². The zero-order chi connectivity index (χ0) is 21.5. The Morgan fingerprint density at radius 3 is 2.32 bits per heavy atom. The van der Waals surface area contributed by atoms with Crippen molar-refractivity contribution in [2.45, 2.75) is 129 Å². The van der Waals surface area contributed by atoms with E-state index in [1.165, 1.54) is 12.8 Å². The summed E-state index contributed by atoms with van der Waals surface area (Å²) in [5.41, 5.74) is -0.410. The van der Waals surface area contributed by atoms with Gasteiger partial charge in [0.1, 0.15) is 0 Å². The number of aliphatic hydroxyl groups is 2. The van der Waals surface area contributed by atoms with Crippen LogP contribution in [-0.4, -0.2) is 36.3 Å². The average Bonchev–Trinajstić information content (AvgIpc) is 2.75. The molecule has 166 valence electrons. The van der Waals surface area contributed by atoms with Crippen molar-refractivity contribution in [3.63, 3.8) is 0 Å². The zero-order valence-electron chi connectivity index (χ0n) is 20.1. The molecule has 2 N–H and O–H groups in total. The molecule has 0 radical (unpaired) electrons. The molecule has 0 unspecified atom stereocenters. The predicted molar refractivity (Wildman–Crippen MR) is 121 cm³/mol. The molecular formula is C24H48O3Si. The van der Waals surface area contributed by atoms with Crippen molar-refractivity contribution in [1.82, 2.24) is 0 Å². The molecule has 0 heterocycles. The van der Waals surface area contributed by atoms with Crippen LogP contribution in [0, 0.1) is 23.2 Å². The second kappa shape index (κ2) is 8.32. The van der Waals surface area contributed by atoms with Crippen LogP contribution in [0.3, 0.4) is 0 Å². The fraction of sp³-hybridized carbons (Fsp3) is 1.00. The highest BCUT2D eigenvalue weighted by Crippen LogP contribution is 2.59. The summed E-state index contributed by atoms with van der Waals surface area (Å²) in [6.45, 7) is 20.2. The molecule has 0 spiro atoms. The minimum Gasteiger partial charge on any atom is -0.414 e. The van der Waals surface area contributed by atoms with Crippen LogP contribution < -0.4 is 0 Å². The summed E-state index contributed by atoms with van der Waals surface area (Å²) < 4.78 is 6.92. The molecule has 0 aromatic heterocycles. The SMILES string of the molecule is C[C@H](CCCC(C)(C)O)[C@@H]1[C@@H](O)C[C@H]2[C@@H](O[Si](C)(C)C(C)(C)C)CCC[C@]12C. The molecule has 0 bridgehead atoms. The van der Waals surface area contributed by atoms with Crippen molar-refractivity contribution in [3.8, 4) is 0 Å². The van der Waals surface area contributed by atoms with Crippen LogP contribution in [0.15, 0.2) is 0 Å². The quantitative estimate of drug-likeness (QED) is 0.494. The van der Waals surface area contributed by atoms with Gasteiger partial charge in [0, 0.05) is 6.10 Å². The summed E-state index contributed by atoms with van der Waals surface area (Å²) in [6, 6.07) is 0. The minimum atomic E-state index is -1.81. The fourth-order valence-corrected chi connectivity index (χ4v) is 7.33. The van der Waals surface area contributed by atoms with E-state index >= 15 is 0 Å². The molecular weight excluding hydrogens is 364 g/mol. The number of hydrogen-bond donors (Lipinski definition) is 2. The van der Waals surface area contributed by atoms with Gasteiger partial charge in [-0.05, 0) is 80.8 Å². The summed E-state index contributed by atoms with van der Waals surface area (Å²) in [7, 11) is -1.81. The number of aliphatic hydroxyl groups excluding tert-OH is 1. The lowest BCUT2D eigenvalue weighted by molar-refractivity contribution is -0.0310. The van der Waals surface area contributed by atoms with E-state index in [2.05, 4.69) is 47.7 Å². The third-order valence-electron chi connectivity index (χ3n) is 8.48. The number of hydrogen-bond acceptors (Lipinski definition) is 3. The summed E-state index contributed by atoms with van der Waals surface area (Å²) in [5.74, 6) is 1.32. The van der Waals surface area contributed by atoms with Gasteiger partial charge in [-0.3, -0.25) is 0 Å². The van der Waals surface area contributed by atoms with Crippen LogP contribution in [0.1, 0.15) is 93.4 Å². The van der Waals surface area contributed by atoms with Gasteiger partial charge in [0.05, 0.1) is 11.7 Å². The molecule has 6 atom stereocenters. The van der Waals surface area contributed by atoms with Crippen LogP contribution in [-0.2, 0) is 4.43 Å². The van der Waals surface area contributed by atoms with Gasteiger partial charge in [-0.25, -0.2) is 0 Å². The topological polar surface area (TPSA) is 49.7 Å². The van der Waals surface area contributed by atoms with Crippen molar-refractivity contribution in [2.24, 2.45) is 23.2 Å². The molecule has 4 heteroatoms. The normalized spacial score (nSPS) is 35.7. The van der Waals surface area contributed by atoms with Gasteiger partial charge in [-0.15, -0.1) is 0 Å². The molecule has 28 heavy (non-hydrogen) atoms. The molecule has 0 saturated heterocycles. The molecule has 2 rings (SSSR count). The molecule has 0 amide bonds. The summed E-state index contributed by atoms with van der Waals surface area (Å²) in [5, 5.41) is 21.4. The lowest BCUT2D eigenvalue weighted by atomic mass is 9.61. The van der Waals surface area contributed by atoms with Crippen LogP contribution in [0.5, 0.6) is 0 Å². The number of fused-ring (bicyclic) bond motifs is 1. The highest BCUT2D eigenvalue weighted by Gasteiger charge is 2.57. The third kappa shape index (κ3) is 5.22. The van der Waals surface area contributed by atoms with Gasteiger partial charge >= 0.3 is 0 Å². The second-order valence-electron chi connectivity index (χ2n) is 12.4. The van der Waals surface area contributed by atoms with Crippen LogP contribution >= 0.6 is 0 Å². The molecule has 0 aromatic rings. The largest absolute Gasteiger partial charge is 0.414 e. The third-order valence-corrected chi connectivity index (χ3v) is 13.0. The van der Waals surface area contributed by atoms with Crippen molar-refractivity contribution in [1.29, 1.82) is 0 Å². The Kier molecular flexibility index (Phi) is 7.24. The maximum atomic E-state index is 11.1. The fourth-order valence-electron chi connectivity index (χ4n) is 5.94. The Bertz CT molecular complexity index is 519. The molecule has 3 nitrogen and oxygen atoms in total. The Morgan fingerprint density at radius 2 is 1.79 bits per heavy atom. The van der Waals surface area contributed by atoms with E-state index in [1.54, 1.807) is 0 Å². The first kappa shape index (κ1) is 24.4. The first-order valence-electron chi connectivity index (χ1n) is 11.7. The van der Waals surface area contributed by atoms with E-state index in [-0.39, 0.29) is 16.6 Å². The van der Waals surface area contributed by atoms with Gasteiger partial charge in [0.25, 0.3) is 0 Å². The summed E-state index contributed by atoms with van der Waals surface area (Å²) >= 11 is 0. The molecule has 0 aromatic carbocycles. The lowest BCUT2D eigenvalue weighted by Gasteiger charge is -2.49. The van der Waals surface area contributed by atoms with Crippen molar-refractivity contribution >= 4 is 8.32 Å². The Labute approximate surface area is 175 Å². The Hall–Kier alpha value is 0.0969. The Morgan fingerprint density at radius 1 is 1.18 bits per heavy atom. The highest BCUT2D eigenvalue weighted by molar-refractivity contribution is 6.74. The van der Waals surface area contributed by atoms with Gasteiger partial charge in [0.15, 0.2) is 8.32 Å². The van der Waals surface area contributed by atoms with E-state index < -0.39 is 13.9 Å². The molecule has 2 fully saturated rings. The van der Waals surface area contributed by atoms with E-state index in [0.717, 1.165) is 32.1 Å². The monoisotopic (exact) mass is 412 g/mol. The molecule has 2 saturated carbocycles. The first-order valence-corrected chi connectivity index (χ1v) is 14.6. The van der Waals surface area contributed by atoms with Crippen molar-refractivity contribution < 1.29 is 14.6 Å². The van der Waals surface area contributed by atoms with Crippen molar-refractivity contribution in [2.75, 3.05) is 0 Å². The maximum absolute atomic E-state index is 11.1. The summed E-state index contributed by atoms with van der Waals surface area (Å²) in [4.78, 5) is 0. The van der Waals surface area contributed by atoms with Crippen LogP contribution in [0.4, 0.5) is 0 Å². The van der Waals surface area contributed by atoms with Gasteiger partial charge < -0.3 is 14.6 Å². The molecule has 2 aliphatic carbocycles. The maximum Gasteiger partial charge on any atom is 0.192 e. The van der Waals surface area contributed by atoms with E-state index in [9.17, 15) is 10.2 Å². The molecule has 0 aliphatic heterocycles. The van der Waals surface area contributed by atoms with Crippen molar-refractivity contribution in [3.05, 3.63) is 0 Å². The molecule has 2 aliphatic rings. The van der Waals surface area contributed by atoms with Crippen LogP contribution in [0.2, 0.25) is 18.1 Å². The van der Waals surface area contributed by atoms with E-state index in [1.807, 2.05) is 13.8 Å². The standard InChI is InChI=1S/C24H48O3Si/c1-17(12-10-14-23(5,6)26)21-19(25)16-18-20(13-11-15-24(18,21)7)27-28(8,9)22(2,3)4/h17-21,25-26H,10-16H2,1-9H3/t17-,18+,19+,20+,21-,24+/m1/s1. The van der Waals surface area contributed by atoms with E-state index in [0.29, 0.717) is 23.9 Å². The summed E-state index contributed by atoms with van der Waals surface area (Å²) in [6.07, 6.45) is 7.52.